The van der Waals surface area contributed by atoms with Gasteiger partial charge >= 0.3 is 6.03 Å². The van der Waals surface area contributed by atoms with Crippen molar-refractivity contribution in [3.63, 3.8) is 0 Å². The van der Waals surface area contributed by atoms with Crippen LogP contribution in [0.3, 0.4) is 0 Å². The number of rotatable bonds is 5. The first kappa shape index (κ1) is 22.4. The quantitative estimate of drug-likeness (QED) is 0.589. The highest BCUT2D eigenvalue weighted by atomic mass is 16.2. The summed E-state index contributed by atoms with van der Waals surface area (Å²) in [6, 6.07) is 0.412. The van der Waals surface area contributed by atoms with Gasteiger partial charge in [0.1, 0.15) is 0 Å². The molecule has 2 atom stereocenters. The van der Waals surface area contributed by atoms with E-state index in [2.05, 4.69) is 13.8 Å². The highest BCUT2D eigenvalue weighted by Crippen LogP contribution is 2.27. The molecular weight excluding hydrogens is 307 g/mol. The Hall–Kier alpha value is -0.665. The van der Waals surface area contributed by atoms with Crippen LogP contribution in [0.1, 0.15) is 90.9 Å². The Bertz CT molecular complexity index is 360. The summed E-state index contributed by atoms with van der Waals surface area (Å²) in [6.45, 7) is 5.11. The Morgan fingerprint density at radius 3 is 2.04 bits per heavy atom. The average Bonchev–Trinajstić information content (AvgIpc) is 2.55. The molecule has 3 nitrogen and oxygen atoms in total. The van der Waals surface area contributed by atoms with E-state index < -0.39 is 0 Å². The van der Waals surface area contributed by atoms with Gasteiger partial charge in [0.15, 0.2) is 0 Å². The van der Waals surface area contributed by atoms with Crippen LogP contribution < -0.4 is 0 Å². The minimum atomic E-state index is 0.141. The van der Waals surface area contributed by atoms with Gasteiger partial charge in [-0.1, -0.05) is 70.0 Å². The van der Waals surface area contributed by atoms with Crippen LogP contribution in [0.2, 0.25) is 5.82 Å². The second-order valence-corrected chi connectivity index (χ2v) is 8.51. The van der Waals surface area contributed by atoms with Crippen LogP contribution in [0.25, 0.3) is 0 Å². The second kappa shape index (κ2) is 12.6. The maximum absolute atomic E-state index is 12.3. The van der Waals surface area contributed by atoms with Crippen molar-refractivity contribution in [2.24, 2.45) is 5.92 Å². The molecule has 2 unspecified atom stereocenters. The van der Waals surface area contributed by atoms with Crippen molar-refractivity contribution in [3.05, 3.63) is 0 Å². The summed E-state index contributed by atoms with van der Waals surface area (Å²) < 4.78 is 0. The monoisotopic (exact) mass is 348 g/mol. The van der Waals surface area contributed by atoms with E-state index in [4.69, 9.17) is 7.85 Å². The summed E-state index contributed by atoms with van der Waals surface area (Å²) >= 11 is 0. The molecule has 1 saturated carbocycles. The lowest BCUT2D eigenvalue weighted by molar-refractivity contribution is 0.154. The largest absolute Gasteiger partial charge is 0.331 e. The first-order chi connectivity index (χ1) is 11.9. The van der Waals surface area contributed by atoms with Crippen molar-refractivity contribution in [3.8, 4) is 0 Å². The average molecular weight is 348 g/mol. The number of amides is 2. The summed E-state index contributed by atoms with van der Waals surface area (Å²) in [5, 5.41) is 0. The van der Waals surface area contributed by atoms with E-state index in [1.54, 1.807) is 4.90 Å². The molecule has 0 saturated heterocycles. The fourth-order valence-electron chi connectivity index (χ4n) is 3.99. The van der Waals surface area contributed by atoms with Gasteiger partial charge in [-0.25, -0.2) is 4.79 Å². The maximum Gasteiger partial charge on any atom is 0.319 e. The minimum absolute atomic E-state index is 0.141. The molecule has 4 heteroatoms. The van der Waals surface area contributed by atoms with E-state index in [1.807, 2.05) is 19.0 Å². The highest BCUT2D eigenvalue weighted by molar-refractivity contribution is 6.11. The molecule has 1 fully saturated rings. The molecule has 0 aromatic rings. The molecule has 1 rings (SSSR count). The van der Waals surface area contributed by atoms with Crippen LogP contribution >= 0.6 is 0 Å². The Morgan fingerprint density at radius 2 is 1.48 bits per heavy atom. The first-order valence-electron chi connectivity index (χ1n) is 10.6. The Balaban J connectivity index is 2.41. The van der Waals surface area contributed by atoms with E-state index in [9.17, 15) is 4.79 Å². The summed E-state index contributed by atoms with van der Waals surface area (Å²) in [7, 11) is 9.89. The van der Waals surface area contributed by atoms with Crippen LogP contribution in [0.5, 0.6) is 0 Å². The van der Waals surface area contributed by atoms with Gasteiger partial charge in [0.05, 0.1) is 7.85 Å². The van der Waals surface area contributed by atoms with Gasteiger partial charge in [-0.3, -0.25) is 0 Å². The topological polar surface area (TPSA) is 23.6 Å². The van der Waals surface area contributed by atoms with Gasteiger partial charge in [-0.05, 0) is 32.6 Å². The summed E-state index contributed by atoms with van der Waals surface area (Å²) in [5.74, 6) is 1.26. The predicted molar refractivity (Wildman–Crippen MR) is 109 cm³/mol. The molecule has 1 aliphatic rings. The third-order valence-corrected chi connectivity index (χ3v) is 5.64. The molecule has 0 aromatic carbocycles. The van der Waals surface area contributed by atoms with E-state index in [1.165, 1.54) is 70.6 Å². The molecule has 0 aliphatic heterocycles. The number of carbonyl (C=O) groups is 1. The van der Waals surface area contributed by atoms with E-state index in [-0.39, 0.29) is 12.1 Å². The van der Waals surface area contributed by atoms with Gasteiger partial charge in [0.2, 0.25) is 0 Å². The van der Waals surface area contributed by atoms with Gasteiger partial charge < -0.3 is 9.80 Å². The van der Waals surface area contributed by atoms with Crippen LogP contribution in [0.15, 0.2) is 0 Å². The van der Waals surface area contributed by atoms with Crippen molar-refractivity contribution in [2.75, 3.05) is 20.6 Å². The second-order valence-electron chi connectivity index (χ2n) is 8.51. The Kier molecular flexibility index (Phi) is 11.3. The molecule has 0 N–H and O–H groups in total. The van der Waals surface area contributed by atoms with Crippen LogP contribution in [0.4, 0.5) is 4.79 Å². The molecule has 2 radical (unpaired) electrons. The normalized spacial score (nSPS) is 23.6. The molecule has 144 valence electrons. The van der Waals surface area contributed by atoms with Gasteiger partial charge in [-0.15, -0.1) is 0 Å². The van der Waals surface area contributed by atoms with E-state index >= 15 is 0 Å². The number of nitrogens with zero attached hydrogens (tertiary/aromatic N) is 2. The summed E-state index contributed by atoms with van der Waals surface area (Å²) in [6.07, 6.45) is 15.5. The van der Waals surface area contributed by atoms with Gasteiger partial charge in [-0.2, -0.15) is 0 Å². The van der Waals surface area contributed by atoms with Crippen LogP contribution in [0, 0.1) is 5.92 Å². The zero-order valence-electron chi connectivity index (χ0n) is 17.3. The third kappa shape index (κ3) is 9.56. The summed E-state index contributed by atoms with van der Waals surface area (Å²) in [5.41, 5.74) is 0. The number of urea groups is 1. The third-order valence-electron chi connectivity index (χ3n) is 5.64. The fraction of sp³-hybridized carbons (Fsp3) is 0.952. The molecule has 2 amide bonds. The van der Waals surface area contributed by atoms with Crippen molar-refractivity contribution < 1.29 is 4.79 Å². The molecule has 0 heterocycles. The lowest BCUT2D eigenvalue weighted by Crippen LogP contribution is -2.43. The number of carbonyl (C=O) groups excluding carboxylic acids is 1. The lowest BCUT2D eigenvalue weighted by atomic mass is 9.78. The minimum Gasteiger partial charge on any atom is -0.331 e. The van der Waals surface area contributed by atoms with Crippen molar-refractivity contribution in [2.45, 2.75) is 103 Å². The van der Waals surface area contributed by atoms with Crippen LogP contribution in [-0.2, 0) is 0 Å². The zero-order valence-corrected chi connectivity index (χ0v) is 17.3. The van der Waals surface area contributed by atoms with Crippen LogP contribution in [-0.4, -0.2) is 50.4 Å². The molecular formula is C21H41BN2O. The smallest absolute Gasteiger partial charge is 0.319 e. The lowest BCUT2D eigenvalue weighted by Gasteiger charge is -2.30. The predicted octanol–water partition coefficient (Wildman–Crippen LogP) is 5.65. The molecule has 0 aromatic heterocycles. The highest BCUT2D eigenvalue weighted by Gasteiger charge is 2.19. The van der Waals surface area contributed by atoms with Crippen molar-refractivity contribution in [1.29, 1.82) is 0 Å². The maximum atomic E-state index is 12.3. The molecule has 0 bridgehead atoms. The van der Waals surface area contributed by atoms with E-state index in [0.29, 0.717) is 5.82 Å². The van der Waals surface area contributed by atoms with Crippen molar-refractivity contribution >= 4 is 13.9 Å². The molecule has 0 spiro atoms. The van der Waals surface area contributed by atoms with Gasteiger partial charge in [0.25, 0.3) is 0 Å². The van der Waals surface area contributed by atoms with Crippen molar-refractivity contribution in [1.82, 2.24) is 9.80 Å². The van der Waals surface area contributed by atoms with E-state index in [0.717, 1.165) is 18.9 Å². The number of hydrogen-bond donors (Lipinski definition) is 0. The zero-order chi connectivity index (χ0) is 18.7. The fourth-order valence-corrected chi connectivity index (χ4v) is 3.99. The SMILES string of the molecule is [B]C1CCCCCCC(CCCN(C(=O)N(C)C)C(C)C)CCCC1. The number of hydrogen-bond acceptors (Lipinski definition) is 1. The molecule has 1 aliphatic carbocycles. The standard InChI is InChI=1S/C21H41BN2O/c1-18(2)24(21(25)23(3)4)17-11-14-19-12-7-5-6-8-15-20(22)16-10-9-13-19/h18-20H,5-17H2,1-4H3. The first-order valence-corrected chi connectivity index (χ1v) is 10.6. The van der Waals surface area contributed by atoms with Gasteiger partial charge in [0, 0.05) is 26.7 Å². The Morgan fingerprint density at radius 1 is 0.960 bits per heavy atom. The molecule has 25 heavy (non-hydrogen) atoms. The summed E-state index contributed by atoms with van der Waals surface area (Å²) in [4.78, 5) is 16.0. The Labute approximate surface area is 158 Å².